The van der Waals surface area contributed by atoms with Crippen LogP contribution in [0.25, 0.3) is 0 Å². The van der Waals surface area contributed by atoms with Gasteiger partial charge in [-0.25, -0.2) is 0 Å². The van der Waals surface area contributed by atoms with Crippen molar-refractivity contribution in [2.75, 3.05) is 13.1 Å². The Morgan fingerprint density at radius 1 is 0.875 bits per heavy atom. The van der Waals surface area contributed by atoms with E-state index in [0.29, 0.717) is 0 Å². The summed E-state index contributed by atoms with van der Waals surface area (Å²) >= 11 is 0. The average Bonchev–Trinajstić information content (AvgIpc) is 2.38. The second kappa shape index (κ2) is 10.1. The minimum Gasteiger partial charge on any atom is -0.504 e. The maximum Gasteiger partial charge on any atom is 0.157 e. The van der Waals surface area contributed by atoms with Crippen molar-refractivity contribution in [3.05, 3.63) is 37.4 Å². The lowest BCUT2D eigenvalue weighted by atomic mass is 10.2. The quantitative estimate of drug-likeness (QED) is 0.468. The predicted molar refractivity (Wildman–Crippen MR) is 67.7 cm³/mol. The number of phenolic OH excluding ortho intramolecular Hbond substituents is 2. The molecule has 0 bridgehead atoms. The van der Waals surface area contributed by atoms with Crippen LogP contribution in [-0.2, 0) is 0 Å². The van der Waals surface area contributed by atoms with Gasteiger partial charge in [0.15, 0.2) is 11.5 Å². The molecule has 3 heteroatoms. The minimum absolute atomic E-state index is 0.0764. The van der Waals surface area contributed by atoms with E-state index in [1.165, 1.54) is 44.5 Å². The van der Waals surface area contributed by atoms with Crippen molar-refractivity contribution < 1.29 is 10.2 Å². The first-order valence-electron chi connectivity index (χ1n) is 5.48. The molecular weight excluding hydrogens is 202 g/mol. The highest BCUT2D eigenvalue weighted by molar-refractivity contribution is 5.36. The third kappa shape index (κ3) is 6.90. The lowest BCUT2D eigenvalue weighted by Crippen LogP contribution is -2.21. The van der Waals surface area contributed by atoms with Gasteiger partial charge in [-0.2, -0.15) is 0 Å². The molecular formula is C13H21NO2. The molecule has 2 rings (SSSR count). The third-order valence-corrected chi connectivity index (χ3v) is 2.09. The van der Waals surface area contributed by atoms with Gasteiger partial charge in [-0.05, 0) is 38.1 Å². The van der Waals surface area contributed by atoms with Gasteiger partial charge < -0.3 is 15.5 Å². The molecule has 0 saturated carbocycles. The van der Waals surface area contributed by atoms with Gasteiger partial charge in [0.25, 0.3) is 0 Å². The van der Waals surface area contributed by atoms with E-state index in [4.69, 9.17) is 10.2 Å². The first-order chi connectivity index (χ1) is 7.80. The van der Waals surface area contributed by atoms with E-state index in [-0.39, 0.29) is 11.5 Å². The van der Waals surface area contributed by atoms with E-state index in [2.05, 4.69) is 18.5 Å². The Morgan fingerprint density at radius 3 is 1.50 bits per heavy atom. The number of aromatic hydroxyl groups is 2. The highest BCUT2D eigenvalue weighted by Gasteiger charge is 1.93. The standard InChI is InChI=1S/C6H6O2.C5H11N.C2H4/c7-5-3-1-2-4-6(5)8;1-2-4-6-5-3-1;1-2/h1-4,7-8H;6H,1-5H2;1-2H2. The molecule has 1 saturated heterocycles. The summed E-state index contributed by atoms with van der Waals surface area (Å²) in [6, 6.07) is 6.15. The number of piperidine rings is 1. The molecule has 0 spiro atoms. The summed E-state index contributed by atoms with van der Waals surface area (Å²) in [7, 11) is 0. The van der Waals surface area contributed by atoms with Gasteiger partial charge in [-0.3, -0.25) is 0 Å². The molecule has 1 fully saturated rings. The fourth-order valence-corrected chi connectivity index (χ4v) is 1.27. The zero-order valence-electron chi connectivity index (χ0n) is 9.65. The monoisotopic (exact) mass is 223 g/mol. The zero-order valence-corrected chi connectivity index (χ0v) is 9.65. The molecule has 16 heavy (non-hydrogen) atoms. The third-order valence-electron chi connectivity index (χ3n) is 2.09. The molecule has 0 unspecified atom stereocenters. The molecule has 0 radical (unpaired) electrons. The van der Waals surface area contributed by atoms with E-state index >= 15 is 0 Å². The molecule has 1 aromatic carbocycles. The summed E-state index contributed by atoms with van der Waals surface area (Å²) in [6.07, 6.45) is 4.22. The molecule has 0 aliphatic carbocycles. The minimum atomic E-state index is -0.0764. The molecule has 3 nitrogen and oxygen atoms in total. The topological polar surface area (TPSA) is 52.5 Å². The number of hydrogen-bond donors (Lipinski definition) is 3. The normalized spacial score (nSPS) is 13.8. The van der Waals surface area contributed by atoms with E-state index in [9.17, 15) is 0 Å². The summed E-state index contributed by atoms with van der Waals surface area (Å²) in [5.41, 5.74) is 0. The Labute approximate surface area is 97.4 Å². The van der Waals surface area contributed by atoms with Crippen LogP contribution in [0.1, 0.15) is 19.3 Å². The Balaban J connectivity index is 0.000000251. The van der Waals surface area contributed by atoms with Crippen LogP contribution in [0.3, 0.4) is 0 Å². The number of para-hydroxylation sites is 2. The van der Waals surface area contributed by atoms with E-state index in [0.717, 1.165) is 0 Å². The van der Waals surface area contributed by atoms with Crippen LogP contribution in [0, 0.1) is 0 Å². The largest absolute Gasteiger partial charge is 0.504 e. The van der Waals surface area contributed by atoms with Gasteiger partial charge >= 0.3 is 0 Å². The van der Waals surface area contributed by atoms with Crippen LogP contribution in [-0.4, -0.2) is 23.3 Å². The van der Waals surface area contributed by atoms with Crippen LogP contribution in [0.4, 0.5) is 0 Å². The highest BCUT2D eigenvalue weighted by atomic mass is 16.3. The second-order valence-corrected chi connectivity index (χ2v) is 3.30. The average molecular weight is 223 g/mol. The summed E-state index contributed by atoms with van der Waals surface area (Å²) in [5, 5.41) is 20.6. The summed E-state index contributed by atoms with van der Waals surface area (Å²) in [5.74, 6) is -0.153. The van der Waals surface area contributed by atoms with Gasteiger partial charge in [0, 0.05) is 0 Å². The van der Waals surface area contributed by atoms with E-state index in [1.807, 2.05) is 0 Å². The van der Waals surface area contributed by atoms with Crippen molar-refractivity contribution in [3.63, 3.8) is 0 Å². The molecule has 1 heterocycles. The van der Waals surface area contributed by atoms with E-state index in [1.54, 1.807) is 12.1 Å². The lowest BCUT2D eigenvalue weighted by molar-refractivity contribution is 0.404. The molecule has 1 aliphatic heterocycles. The van der Waals surface area contributed by atoms with Crippen LogP contribution in [0.5, 0.6) is 11.5 Å². The maximum absolute atomic E-state index is 8.67. The first-order valence-corrected chi connectivity index (χ1v) is 5.48. The van der Waals surface area contributed by atoms with Crippen molar-refractivity contribution in [1.82, 2.24) is 5.32 Å². The van der Waals surface area contributed by atoms with Crippen molar-refractivity contribution in [2.24, 2.45) is 0 Å². The summed E-state index contributed by atoms with van der Waals surface area (Å²) in [4.78, 5) is 0. The lowest BCUT2D eigenvalue weighted by Gasteiger charge is -2.08. The number of benzene rings is 1. The van der Waals surface area contributed by atoms with Crippen LogP contribution in [0.2, 0.25) is 0 Å². The van der Waals surface area contributed by atoms with E-state index < -0.39 is 0 Å². The van der Waals surface area contributed by atoms with Gasteiger partial charge in [-0.1, -0.05) is 18.6 Å². The van der Waals surface area contributed by atoms with Gasteiger partial charge in [0.2, 0.25) is 0 Å². The number of phenols is 2. The fourth-order valence-electron chi connectivity index (χ4n) is 1.27. The predicted octanol–water partition coefficient (Wildman–Crippen LogP) is 2.66. The molecule has 1 aromatic rings. The number of rotatable bonds is 0. The smallest absolute Gasteiger partial charge is 0.157 e. The second-order valence-electron chi connectivity index (χ2n) is 3.30. The zero-order chi connectivity index (χ0) is 12.2. The number of hydrogen-bond acceptors (Lipinski definition) is 3. The Kier molecular flexibility index (Phi) is 9.12. The fraction of sp³-hybridized carbons (Fsp3) is 0.385. The summed E-state index contributed by atoms with van der Waals surface area (Å²) < 4.78 is 0. The van der Waals surface area contributed by atoms with Gasteiger partial charge in [-0.15, -0.1) is 13.2 Å². The van der Waals surface area contributed by atoms with Crippen molar-refractivity contribution in [1.29, 1.82) is 0 Å². The molecule has 0 aromatic heterocycles. The molecule has 90 valence electrons. The molecule has 1 aliphatic rings. The van der Waals surface area contributed by atoms with Crippen molar-refractivity contribution in [3.8, 4) is 11.5 Å². The molecule has 0 atom stereocenters. The van der Waals surface area contributed by atoms with Crippen molar-refractivity contribution in [2.45, 2.75) is 19.3 Å². The summed E-state index contributed by atoms with van der Waals surface area (Å²) in [6.45, 7) is 8.50. The Bertz CT molecular complexity index is 240. The van der Waals surface area contributed by atoms with Crippen molar-refractivity contribution >= 4 is 0 Å². The molecule has 3 N–H and O–H groups in total. The van der Waals surface area contributed by atoms with Crippen LogP contribution < -0.4 is 5.32 Å². The van der Waals surface area contributed by atoms with Gasteiger partial charge in [0.05, 0.1) is 0 Å². The highest BCUT2D eigenvalue weighted by Crippen LogP contribution is 2.21. The SMILES string of the molecule is C1CCNCC1.C=C.Oc1ccccc1O. The maximum atomic E-state index is 8.67. The first kappa shape index (κ1) is 14.5. The van der Waals surface area contributed by atoms with Crippen LogP contribution in [0.15, 0.2) is 37.4 Å². The Hall–Kier alpha value is -1.48. The van der Waals surface area contributed by atoms with Gasteiger partial charge in [0.1, 0.15) is 0 Å². The Morgan fingerprint density at radius 2 is 1.31 bits per heavy atom. The molecule has 0 amide bonds. The van der Waals surface area contributed by atoms with Crippen LogP contribution >= 0.6 is 0 Å². The number of nitrogens with one attached hydrogen (secondary N) is 1.